The van der Waals surface area contributed by atoms with Gasteiger partial charge in [-0.2, -0.15) is 0 Å². The fraction of sp³-hybridized carbons (Fsp3) is 0.440. The number of nitrogens with one attached hydrogen (secondary N) is 2. The van der Waals surface area contributed by atoms with Crippen molar-refractivity contribution in [3.63, 3.8) is 0 Å². The van der Waals surface area contributed by atoms with Gasteiger partial charge in [0.25, 0.3) is 5.91 Å². The normalized spacial score (nSPS) is 25.7. The molecule has 0 radical (unpaired) electrons. The molecule has 2 fully saturated rings. The lowest BCUT2D eigenvalue weighted by atomic mass is 9.97. The molecule has 2 aromatic heterocycles. The highest BCUT2D eigenvalue weighted by Crippen LogP contribution is 2.36. The monoisotopic (exact) mass is 497 g/mol. The molecule has 3 aliphatic rings. The Kier molecular flexibility index (Phi) is 5.35. The highest BCUT2D eigenvalue weighted by Gasteiger charge is 2.40. The third kappa shape index (κ3) is 4.09. The zero-order valence-electron chi connectivity index (χ0n) is 19.7. The molecule has 1 unspecified atom stereocenters. The Morgan fingerprint density at radius 3 is 3.09 bits per heavy atom. The number of nitrogen functional groups attached to an aromatic ring is 1. The Labute approximate surface area is 206 Å². The molecule has 10 heteroatoms. The number of hydrogen-bond donors (Lipinski definition) is 3. The van der Waals surface area contributed by atoms with Gasteiger partial charge in [0.1, 0.15) is 27.9 Å². The van der Waals surface area contributed by atoms with Crippen LogP contribution in [0.4, 0.5) is 15.8 Å². The smallest absolute Gasteiger partial charge is 0.263 e. The summed E-state index contributed by atoms with van der Waals surface area (Å²) in [6.45, 7) is 7.17. The number of ether oxygens (including phenoxy) is 2. The SMILES string of the molecule is Cc1ccc2c(N)c(C(=O)N[C@H]3COc4cc(N5CC6CNC[C@@](C)(C5)O6)cc(F)c4C3)sc2n1. The summed E-state index contributed by atoms with van der Waals surface area (Å²) in [6, 6.07) is 6.87. The van der Waals surface area contributed by atoms with E-state index in [2.05, 4.69) is 27.4 Å². The van der Waals surface area contributed by atoms with Gasteiger partial charge in [-0.3, -0.25) is 4.79 Å². The topological polar surface area (TPSA) is 102 Å². The van der Waals surface area contributed by atoms with E-state index in [0.717, 1.165) is 34.7 Å². The highest BCUT2D eigenvalue weighted by molar-refractivity contribution is 7.21. The molecule has 4 N–H and O–H groups in total. The molecular formula is C25H28FN5O3S. The van der Waals surface area contributed by atoms with E-state index in [1.807, 2.05) is 25.1 Å². The van der Waals surface area contributed by atoms with E-state index >= 15 is 4.39 Å². The average Bonchev–Trinajstić information content (AvgIpc) is 3.14. The van der Waals surface area contributed by atoms with Gasteiger partial charge < -0.3 is 30.7 Å². The van der Waals surface area contributed by atoms with Gasteiger partial charge in [0, 0.05) is 61.0 Å². The molecule has 2 saturated heterocycles. The molecule has 184 valence electrons. The summed E-state index contributed by atoms with van der Waals surface area (Å²) >= 11 is 1.26. The van der Waals surface area contributed by atoms with E-state index in [9.17, 15) is 4.79 Å². The first-order chi connectivity index (χ1) is 16.8. The van der Waals surface area contributed by atoms with E-state index in [1.54, 1.807) is 6.07 Å². The molecule has 3 aliphatic heterocycles. The first-order valence-electron chi connectivity index (χ1n) is 11.8. The summed E-state index contributed by atoms with van der Waals surface area (Å²) in [5.41, 5.74) is 8.49. The number of rotatable bonds is 3. The number of morpholine rings is 2. The van der Waals surface area contributed by atoms with Crippen molar-refractivity contribution in [2.75, 3.05) is 43.4 Å². The fourth-order valence-electron chi connectivity index (χ4n) is 5.29. The van der Waals surface area contributed by atoms with E-state index in [-0.39, 0.29) is 36.1 Å². The summed E-state index contributed by atoms with van der Waals surface area (Å²) < 4.78 is 27.3. The number of amides is 1. The van der Waals surface area contributed by atoms with Crippen LogP contribution in [0.25, 0.3) is 10.2 Å². The minimum Gasteiger partial charge on any atom is -0.491 e. The molecule has 35 heavy (non-hydrogen) atoms. The summed E-state index contributed by atoms with van der Waals surface area (Å²) in [6.07, 6.45) is 0.422. The van der Waals surface area contributed by atoms with Crippen LogP contribution in [-0.4, -0.2) is 61.4 Å². The maximum Gasteiger partial charge on any atom is 0.263 e. The second-order valence-electron chi connectivity index (χ2n) is 9.94. The van der Waals surface area contributed by atoms with Crippen molar-refractivity contribution in [1.29, 1.82) is 0 Å². The summed E-state index contributed by atoms with van der Waals surface area (Å²) in [5, 5.41) is 7.15. The van der Waals surface area contributed by atoms with Crippen molar-refractivity contribution in [3.05, 3.63) is 46.2 Å². The number of fused-ring (bicyclic) bond motifs is 4. The fourth-order valence-corrected chi connectivity index (χ4v) is 6.34. The van der Waals surface area contributed by atoms with Crippen molar-refractivity contribution in [2.45, 2.75) is 38.0 Å². The molecule has 5 heterocycles. The molecule has 8 nitrogen and oxygen atoms in total. The second kappa shape index (κ2) is 8.32. The predicted molar refractivity (Wildman–Crippen MR) is 134 cm³/mol. The lowest BCUT2D eigenvalue weighted by Crippen LogP contribution is -2.64. The number of pyridine rings is 1. The zero-order valence-corrected chi connectivity index (χ0v) is 20.5. The van der Waals surface area contributed by atoms with E-state index in [1.165, 1.54) is 11.3 Å². The molecule has 3 atom stereocenters. The van der Waals surface area contributed by atoms with Crippen molar-refractivity contribution in [3.8, 4) is 5.75 Å². The average molecular weight is 498 g/mol. The highest BCUT2D eigenvalue weighted by atomic mass is 32.1. The van der Waals surface area contributed by atoms with Crippen molar-refractivity contribution >= 4 is 38.8 Å². The molecule has 1 aromatic carbocycles. The molecule has 6 rings (SSSR count). The Morgan fingerprint density at radius 2 is 2.26 bits per heavy atom. The summed E-state index contributed by atoms with van der Waals surface area (Å²) in [7, 11) is 0. The number of aromatic nitrogens is 1. The van der Waals surface area contributed by atoms with Crippen LogP contribution in [0.15, 0.2) is 24.3 Å². The number of anilines is 2. The Morgan fingerprint density at radius 1 is 1.40 bits per heavy atom. The van der Waals surface area contributed by atoms with Crippen LogP contribution in [-0.2, 0) is 11.2 Å². The van der Waals surface area contributed by atoms with Gasteiger partial charge in [-0.15, -0.1) is 11.3 Å². The number of carbonyl (C=O) groups is 1. The lowest BCUT2D eigenvalue weighted by molar-refractivity contribution is -0.115. The largest absolute Gasteiger partial charge is 0.491 e. The number of benzene rings is 1. The zero-order chi connectivity index (χ0) is 24.3. The molecule has 0 aliphatic carbocycles. The van der Waals surface area contributed by atoms with Crippen LogP contribution in [0, 0.1) is 12.7 Å². The van der Waals surface area contributed by atoms with Crippen molar-refractivity contribution < 1.29 is 18.7 Å². The quantitative estimate of drug-likeness (QED) is 0.511. The third-order valence-corrected chi connectivity index (χ3v) is 8.05. The summed E-state index contributed by atoms with van der Waals surface area (Å²) in [4.78, 5) is 20.8. The van der Waals surface area contributed by atoms with E-state index in [4.69, 9.17) is 15.2 Å². The van der Waals surface area contributed by atoms with Gasteiger partial charge >= 0.3 is 0 Å². The van der Waals surface area contributed by atoms with Gasteiger partial charge in [-0.1, -0.05) is 0 Å². The number of thiophene rings is 1. The molecule has 2 bridgehead atoms. The van der Waals surface area contributed by atoms with Crippen LogP contribution in [0.5, 0.6) is 5.75 Å². The van der Waals surface area contributed by atoms with Crippen molar-refractivity contribution in [1.82, 2.24) is 15.6 Å². The standard InChI is InChI=1S/C25H28FN5O3S/c1-13-3-4-17-21(27)22(35-24(17)29-13)23(32)30-14-5-18-19(26)6-15(7-20(18)33-10-14)31-9-16-8-28-11-25(2,12-31)34-16/h3-4,6-7,14,16,28H,5,8-12,27H2,1-2H3,(H,30,32)/t14-,16?,25+/m1/s1. The predicted octanol–water partition coefficient (Wildman–Crippen LogP) is 2.63. The maximum atomic E-state index is 15.3. The second-order valence-corrected chi connectivity index (χ2v) is 10.9. The third-order valence-electron chi connectivity index (χ3n) is 6.94. The van der Waals surface area contributed by atoms with Crippen LogP contribution in [0.3, 0.4) is 0 Å². The van der Waals surface area contributed by atoms with Crippen LogP contribution in [0.1, 0.15) is 27.9 Å². The Balaban J connectivity index is 1.19. The van der Waals surface area contributed by atoms with Gasteiger partial charge in [0.2, 0.25) is 0 Å². The van der Waals surface area contributed by atoms with Gasteiger partial charge in [-0.05, 0) is 32.0 Å². The minimum absolute atomic E-state index is 0.0718. The lowest BCUT2D eigenvalue weighted by Gasteiger charge is -2.49. The number of nitrogens with zero attached hydrogens (tertiary/aromatic N) is 2. The van der Waals surface area contributed by atoms with Gasteiger partial charge in [-0.25, -0.2) is 9.37 Å². The number of nitrogens with two attached hydrogens (primary N) is 1. The summed E-state index contributed by atoms with van der Waals surface area (Å²) in [5.74, 6) is -0.0807. The van der Waals surface area contributed by atoms with Crippen LogP contribution < -0.4 is 26.0 Å². The Bertz CT molecular complexity index is 1330. The van der Waals surface area contributed by atoms with Crippen molar-refractivity contribution in [2.24, 2.45) is 0 Å². The molecule has 0 spiro atoms. The number of hydrogen-bond acceptors (Lipinski definition) is 8. The van der Waals surface area contributed by atoms with Gasteiger partial charge in [0.05, 0.1) is 23.4 Å². The number of aryl methyl sites for hydroxylation is 1. The molecule has 1 amide bonds. The first kappa shape index (κ1) is 22.5. The first-order valence-corrected chi connectivity index (χ1v) is 12.6. The number of carbonyl (C=O) groups excluding carboxylic acids is 1. The van der Waals surface area contributed by atoms with Gasteiger partial charge in [0.15, 0.2) is 0 Å². The minimum atomic E-state index is -0.359. The molecule has 3 aromatic rings. The van der Waals surface area contributed by atoms with Crippen LogP contribution in [0.2, 0.25) is 0 Å². The molecular weight excluding hydrogens is 469 g/mol. The van der Waals surface area contributed by atoms with E-state index < -0.39 is 0 Å². The maximum absolute atomic E-state index is 15.3. The van der Waals surface area contributed by atoms with E-state index in [0.29, 0.717) is 41.4 Å². The molecule has 0 saturated carbocycles. The number of halogens is 1. The Hall–Kier alpha value is -2.95. The van der Waals surface area contributed by atoms with Crippen LogP contribution >= 0.6 is 11.3 Å².